The first-order valence-corrected chi connectivity index (χ1v) is 6.66. The highest BCUT2D eigenvalue weighted by atomic mass is 16.3. The smallest absolute Gasteiger partial charge is 0.231 e. The van der Waals surface area contributed by atoms with E-state index in [1.165, 1.54) is 6.33 Å². The normalized spacial score (nSPS) is 11.1. The maximum atomic E-state index is 5.60. The summed E-state index contributed by atoms with van der Waals surface area (Å²) in [6.45, 7) is 5.75. The van der Waals surface area contributed by atoms with E-state index in [-0.39, 0.29) is 0 Å². The minimum Gasteiger partial charge on any atom is -0.443 e. The maximum absolute atomic E-state index is 5.60. The third-order valence-electron chi connectivity index (χ3n) is 3.41. The van der Waals surface area contributed by atoms with Crippen LogP contribution in [0.15, 0.2) is 29.5 Å². The van der Waals surface area contributed by atoms with Gasteiger partial charge in [-0.1, -0.05) is 0 Å². The fraction of sp³-hybridized carbons (Fsp3) is 0.357. The van der Waals surface area contributed by atoms with Crippen LogP contribution in [0.5, 0.6) is 0 Å². The number of furan rings is 1. The van der Waals surface area contributed by atoms with Crippen molar-refractivity contribution in [2.45, 2.75) is 26.8 Å². The largest absolute Gasteiger partial charge is 0.443 e. The van der Waals surface area contributed by atoms with E-state index in [0.29, 0.717) is 5.71 Å². The summed E-state index contributed by atoms with van der Waals surface area (Å²) in [6, 6.07) is 0. The molecular weight excluding hydrogens is 254 g/mol. The summed E-state index contributed by atoms with van der Waals surface area (Å²) in [4.78, 5) is 12.5. The first-order chi connectivity index (χ1) is 9.75. The van der Waals surface area contributed by atoms with Crippen LogP contribution < -0.4 is 5.32 Å². The Morgan fingerprint density at radius 2 is 2.20 bits per heavy atom. The first-order valence-electron chi connectivity index (χ1n) is 6.66. The van der Waals surface area contributed by atoms with Crippen LogP contribution in [0.1, 0.15) is 17.7 Å². The molecule has 20 heavy (non-hydrogen) atoms. The molecular formula is C14H17N5O. The number of rotatable bonds is 5. The molecule has 0 aliphatic heterocycles. The number of anilines is 1. The van der Waals surface area contributed by atoms with Gasteiger partial charge in [0.25, 0.3) is 0 Å². The van der Waals surface area contributed by atoms with Gasteiger partial charge in [-0.05, 0) is 20.3 Å². The highest BCUT2D eigenvalue weighted by molar-refractivity contribution is 5.89. The van der Waals surface area contributed by atoms with Crippen molar-refractivity contribution in [2.75, 3.05) is 11.9 Å². The zero-order valence-electron chi connectivity index (χ0n) is 11.6. The summed E-state index contributed by atoms with van der Waals surface area (Å²) in [6.07, 6.45) is 8.11. The summed E-state index contributed by atoms with van der Waals surface area (Å²) in [7, 11) is 0. The van der Waals surface area contributed by atoms with Gasteiger partial charge in [-0.2, -0.15) is 0 Å². The monoisotopic (exact) mass is 271 g/mol. The van der Waals surface area contributed by atoms with Crippen molar-refractivity contribution in [1.29, 1.82) is 0 Å². The van der Waals surface area contributed by atoms with Crippen LogP contribution >= 0.6 is 0 Å². The molecule has 0 spiro atoms. The molecule has 3 aromatic rings. The molecule has 0 atom stereocenters. The molecule has 0 unspecified atom stereocenters. The average Bonchev–Trinajstić information content (AvgIpc) is 3.05. The highest BCUT2D eigenvalue weighted by Crippen LogP contribution is 2.27. The summed E-state index contributed by atoms with van der Waals surface area (Å²) >= 11 is 0. The van der Waals surface area contributed by atoms with E-state index in [2.05, 4.69) is 24.8 Å². The summed E-state index contributed by atoms with van der Waals surface area (Å²) in [5.41, 5.74) is 1.74. The van der Waals surface area contributed by atoms with Gasteiger partial charge in [0.1, 0.15) is 17.9 Å². The Kier molecular flexibility index (Phi) is 3.37. The minimum absolute atomic E-state index is 0.645. The standard InChI is InChI=1S/C14H17N5O/c1-10-11(2)20-14-12(10)13(17-8-18-14)16-4-3-6-19-7-5-15-9-19/h5,7-9H,3-4,6H2,1-2H3,(H,16,17,18). The molecule has 0 amide bonds. The molecule has 0 aromatic carbocycles. The number of aryl methyl sites for hydroxylation is 3. The fourth-order valence-corrected chi connectivity index (χ4v) is 2.20. The van der Waals surface area contributed by atoms with Gasteiger partial charge in [0, 0.05) is 31.0 Å². The van der Waals surface area contributed by atoms with Crippen LogP contribution in [-0.4, -0.2) is 26.1 Å². The van der Waals surface area contributed by atoms with Crippen LogP contribution in [0.25, 0.3) is 11.1 Å². The van der Waals surface area contributed by atoms with E-state index >= 15 is 0 Å². The number of nitrogens with one attached hydrogen (secondary N) is 1. The lowest BCUT2D eigenvalue weighted by Gasteiger charge is -2.07. The number of hydrogen-bond acceptors (Lipinski definition) is 5. The Morgan fingerprint density at radius 3 is 3.00 bits per heavy atom. The predicted molar refractivity (Wildman–Crippen MR) is 76.6 cm³/mol. The summed E-state index contributed by atoms with van der Waals surface area (Å²) in [5.74, 6) is 1.73. The van der Waals surface area contributed by atoms with Crippen molar-refractivity contribution < 1.29 is 4.42 Å². The molecule has 0 saturated carbocycles. The molecule has 3 aromatic heterocycles. The van der Waals surface area contributed by atoms with Gasteiger partial charge >= 0.3 is 0 Å². The molecule has 0 bridgehead atoms. The van der Waals surface area contributed by atoms with E-state index in [1.807, 2.05) is 26.4 Å². The van der Waals surface area contributed by atoms with Crippen LogP contribution in [0, 0.1) is 13.8 Å². The summed E-state index contributed by atoms with van der Waals surface area (Å²) in [5, 5.41) is 4.34. The Hall–Kier alpha value is -2.37. The number of imidazole rings is 1. The van der Waals surface area contributed by atoms with Gasteiger partial charge in [-0.15, -0.1) is 0 Å². The molecule has 104 valence electrons. The Balaban J connectivity index is 1.68. The highest BCUT2D eigenvalue weighted by Gasteiger charge is 2.12. The van der Waals surface area contributed by atoms with Gasteiger partial charge in [0.05, 0.1) is 11.7 Å². The lowest BCUT2D eigenvalue weighted by Crippen LogP contribution is -2.07. The van der Waals surface area contributed by atoms with E-state index in [9.17, 15) is 0 Å². The number of fused-ring (bicyclic) bond motifs is 1. The van der Waals surface area contributed by atoms with Crippen LogP contribution in [0.2, 0.25) is 0 Å². The van der Waals surface area contributed by atoms with Gasteiger partial charge in [0.15, 0.2) is 0 Å². The third-order valence-corrected chi connectivity index (χ3v) is 3.41. The maximum Gasteiger partial charge on any atom is 0.231 e. The Morgan fingerprint density at radius 1 is 1.30 bits per heavy atom. The minimum atomic E-state index is 0.645. The van der Waals surface area contributed by atoms with Gasteiger partial charge in [-0.25, -0.2) is 15.0 Å². The van der Waals surface area contributed by atoms with Crippen molar-refractivity contribution >= 4 is 16.9 Å². The second-order valence-corrected chi connectivity index (χ2v) is 4.77. The first kappa shape index (κ1) is 12.7. The zero-order chi connectivity index (χ0) is 13.9. The predicted octanol–water partition coefficient (Wildman–Crippen LogP) is 2.54. The number of aromatic nitrogens is 4. The van der Waals surface area contributed by atoms with Gasteiger partial charge < -0.3 is 14.3 Å². The lowest BCUT2D eigenvalue weighted by molar-refractivity contribution is 0.564. The van der Waals surface area contributed by atoms with Crippen LogP contribution in [0.4, 0.5) is 5.82 Å². The molecule has 0 fully saturated rings. The molecule has 6 heteroatoms. The number of nitrogens with zero attached hydrogens (tertiary/aromatic N) is 4. The van der Waals surface area contributed by atoms with Crippen molar-refractivity contribution in [3.63, 3.8) is 0 Å². The van der Waals surface area contributed by atoms with E-state index in [1.54, 1.807) is 6.20 Å². The fourth-order valence-electron chi connectivity index (χ4n) is 2.20. The van der Waals surface area contributed by atoms with Crippen LogP contribution in [-0.2, 0) is 6.54 Å². The van der Waals surface area contributed by atoms with Crippen molar-refractivity contribution in [3.8, 4) is 0 Å². The van der Waals surface area contributed by atoms with Crippen molar-refractivity contribution in [3.05, 3.63) is 36.4 Å². The van der Waals surface area contributed by atoms with E-state index in [0.717, 1.165) is 42.0 Å². The molecule has 0 aliphatic carbocycles. The quantitative estimate of drug-likeness (QED) is 0.722. The van der Waals surface area contributed by atoms with Gasteiger partial charge in [0.2, 0.25) is 5.71 Å². The molecule has 0 saturated heterocycles. The average molecular weight is 271 g/mol. The second kappa shape index (κ2) is 5.32. The lowest BCUT2D eigenvalue weighted by atomic mass is 10.2. The zero-order valence-corrected chi connectivity index (χ0v) is 11.6. The van der Waals surface area contributed by atoms with Crippen LogP contribution in [0.3, 0.4) is 0 Å². The van der Waals surface area contributed by atoms with Crippen molar-refractivity contribution in [2.24, 2.45) is 0 Å². The van der Waals surface area contributed by atoms with Crippen molar-refractivity contribution in [1.82, 2.24) is 19.5 Å². The molecule has 6 nitrogen and oxygen atoms in total. The Bertz CT molecular complexity index is 702. The summed E-state index contributed by atoms with van der Waals surface area (Å²) < 4.78 is 7.66. The second-order valence-electron chi connectivity index (χ2n) is 4.77. The van der Waals surface area contributed by atoms with E-state index < -0.39 is 0 Å². The molecule has 0 aliphatic rings. The van der Waals surface area contributed by atoms with E-state index in [4.69, 9.17) is 4.42 Å². The molecule has 3 heterocycles. The SMILES string of the molecule is Cc1oc2ncnc(NCCCn3ccnc3)c2c1C. The Labute approximate surface area is 116 Å². The van der Waals surface area contributed by atoms with Gasteiger partial charge in [-0.3, -0.25) is 0 Å². The number of hydrogen-bond donors (Lipinski definition) is 1. The molecule has 1 N–H and O–H groups in total. The molecule has 3 rings (SSSR count). The topological polar surface area (TPSA) is 68.8 Å². The third kappa shape index (κ3) is 2.36. The molecule has 0 radical (unpaired) electrons.